The van der Waals surface area contributed by atoms with Crippen LogP contribution in [0.25, 0.3) is 10.9 Å². The van der Waals surface area contributed by atoms with Crippen LogP contribution in [0.4, 0.5) is 5.69 Å². The van der Waals surface area contributed by atoms with Gasteiger partial charge in [0.1, 0.15) is 12.6 Å². The van der Waals surface area contributed by atoms with Gasteiger partial charge in [0, 0.05) is 108 Å². The van der Waals surface area contributed by atoms with Crippen molar-refractivity contribution in [1.82, 2.24) is 25.0 Å². The van der Waals surface area contributed by atoms with Crippen molar-refractivity contribution in [2.75, 3.05) is 76.3 Å². The van der Waals surface area contributed by atoms with Crippen LogP contribution in [-0.2, 0) is 42.2 Å². The van der Waals surface area contributed by atoms with E-state index in [1.54, 1.807) is 22.7 Å². The molecule has 0 radical (unpaired) electrons. The van der Waals surface area contributed by atoms with Crippen LogP contribution in [0.2, 0.25) is 0 Å². The zero-order chi connectivity index (χ0) is 43.1. The number of carbonyl (C=O) groups excluding carboxylic acids is 5. The number of piperazine rings is 1. The van der Waals surface area contributed by atoms with Crippen molar-refractivity contribution >= 4 is 57.8 Å². The van der Waals surface area contributed by atoms with Crippen molar-refractivity contribution in [3.63, 3.8) is 0 Å². The zero-order valence-electron chi connectivity index (χ0n) is 35.9. The number of thioether (sulfide) groups is 1. The first kappa shape index (κ1) is 42.3. The number of hydrogen-bond acceptors (Lipinski definition) is 10. The zero-order valence-corrected chi connectivity index (χ0v) is 36.7. The Bertz CT molecular complexity index is 2410. The predicted octanol–water partition coefficient (Wildman–Crippen LogP) is 5.30. The van der Waals surface area contributed by atoms with Crippen molar-refractivity contribution in [2.45, 2.75) is 81.8 Å². The number of piperidine rings is 2. The summed E-state index contributed by atoms with van der Waals surface area (Å²) < 4.78 is 11.5. The molecule has 9 rings (SSSR count). The summed E-state index contributed by atoms with van der Waals surface area (Å²) in [4.78, 5) is 77.4. The highest BCUT2D eigenvalue weighted by atomic mass is 32.2. The lowest BCUT2D eigenvalue weighted by Crippen LogP contribution is -2.55. The van der Waals surface area contributed by atoms with Crippen LogP contribution in [0.15, 0.2) is 59.5 Å². The maximum atomic E-state index is 14.0. The second kappa shape index (κ2) is 17.6. The van der Waals surface area contributed by atoms with E-state index in [9.17, 15) is 24.0 Å². The van der Waals surface area contributed by atoms with Gasteiger partial charge in [-0.2, -0.15) is 0 Å². The highest BCUT2D eigenvalue weighted by molar-refractivity contribution is 7.99. The molecule has 326 valence electrons. The van der Waals surface area contributed by atoms with E-state index in [4.69, 9.17) is 9.47 Å². The van der Waals surface area contributed by atoms with Gasteiger partial charge >= 0.3 is 0 Å². The third-order valence-electron chi connectivity index (χ3n) is 13.7. The minimum absolute atomic E-state index is 0.00864. The first-order valence-corrected chi connectivity index (χ1v) is 23.2. The smallest absolute Gasteiger partial charge is 0.255 e. The van der Waals surface area contributed by atoms with Gasteiger partial charge in [0.2, 0.25) is 17.7 Å². The standard InChI is InChI=1S/C48H56N6O7S/c1-4-30-26-34-36(48(2,3)45-43(44(34)57)33-8-5-6-10-37(33)49-45)27-39(30)52-16-14-31(15-17-52)51-18-20-53(21-19-51)42(56)29-61-23-22-60-24-25-62-40-11-7-9-32-35(40)28-54(47(32)59)38-12-13-41(55)50-46(38)58/h5-11,26-27,31,38,49H,4,12-25,28-29H2,1-3H3,(H,50,55,58). The van der Waals surface area contributed by atoms with E-state index in [0.717, 1.165) is 89.2 Å². The fourth-order valence-corrected chi connectivity index (χ4v) is 11.2. The molecule has 1 unspecified atom stereocenters. The first-order valence-electron chi connectivity index (χ1n) is 22.2. The summed E-state index contributed by atoms with van der Waals surface area (Å²) in [6.07, 6.45) is 3.54. The van der Waals surface area contributed by atoms with Gasteiger partial charge in [-0.3, -0.25) is 34.2 Å². The second-order valence-corrected chi connectivity index (χ2v) is 18.7. The number of aryl methyl sites for hydroxylation is 1. The Morgan fingerprint density at radius 3 is 2.42 bits per heavy atom. The number of ketones is 1. The van der Waals surface area contributed by atoms with Gasteiger partial charge in [0.25, 0.3) is 5.91 Å². The lowest BCUT2D eigenvalue weighted by molar-refractivity contribution is -0.139. The van der Waals surface area contributed by atoms with E-state index in [1.165, 1.54) is 11.3 Å². The number of fused-ring (bicyclic) bond motifs is 5. The molecule has 1 aromatic heterocycles. The Morgan fingerprint density at radius 2 is 1.65 bits per heavy atom. The molecule has 3 saturated heterocycles. The Labute approximate surface area is 366 Å². The van der Waals surface area contributed by atoms with E-state index >= 15 is 0 Å². The van der Waals surface area contributed by atoms with E-state index in [0.29, 0.717) is 63.2 Å². The molecule has 4 aromatic rings. The van der Waals surface area contributed by atoms with Crippen molar-refractivity contribution in [2.24, 2.45) is 0 Å². The summed E-state index contributed by atoms with van der Waals surface area (Å²) in [6.45, 7) is 13.2. The normalized spacial score (nSPS) is 20.4. The molecule has 0 spiro atoms. The number of nitrogens with zero attached hydrogens (tertiary/aromatic N) is 4. The molecule has 1 atom stereocenters. The SMILES string of the molecule is CCc1cc2c(cc1N1CCC(N3CCN(C(=O)COCCOCCSc4cccc5c4CN(C4CCC(=O)NC4=O)C5=O)CC3)CC1)C(C)(C)c1[nH]c3ccccc3c1C2=O. The number of ether oxygens (including phenoxy) is 2. The quantitative estimate of drug-likeness (QED) is 0.103. The van der Waals surface area contributed by atoms with Crippen LogP contribution in [0.3, 0.4) is 0 Å². The maximum Gasteiger partial charge on any atom is 0.255 e. The molecule has 4 amide bonds. The molecule has 1 aliphatic carbocycles. The summed E-state index contributed by atoms with van der Waals surface area (Å²) in [6, 6.07) is 18.1. The van der Waals surface area contributed by atoms with Gasteiger partial charge < -0.3 is 29.2 Å². The highest BCUT2D eigenvalue weighted by Gasteiger charge is 2.42. The van der Waals surface area contributed by atoms with Crippen LogP contribution in [0.1, 0.15) is 95.1 Å². The minimum atomic E-state index is -0.636. The largest absolute Gasteiger partial charge is 0.378 e. The molecule has 62 heavy (non-hydrogen) atoms. The van der Waals surface area contributed by atoms with Crippen LogP contribution < -0.4 is 10.2 Å². The van der Waals surface area contributed by atoms with Crippen LogP contribution >= 0.6 is 11.8 Å². The molecule has 5 aliphatic rings. The van der Waals surface area contributed by atoms with E-state index in [-0.39, 0.29) is 41.9 Å². The molecule has 2 N–H and O–H groups in total. The first-order chi connectivity index (χ1) is 30.0. The molecular weight excluding hydrogens is 805 g/mol. The lowest BCUT2D eigenvalue weighted by atomic mass is 9.70. The average molecular weight is 861 g/mol. The topological polar surface area (TPSA) is 145 Å². The number of carbonyl (C=O) groups is 5. The van der Waals surface area contributed by atoms with Crippen LogP contribution in [0.5, 0.6) is 0 Å². The molecule has 3 fully saturated rings. The number of nitrogens with one attached hydrogen (secondary N) is 2. The van der Waals surface area contributed by atoms with Gasteiger partial charge in [-0.15, -0.1) is 11.8 Å². The minimum Gasteiger partial charge on any atom is -0.378 e. The number of aromatic amines is 1. The Hall–Kier alpha value is -5.02. The summed E-state index contributed by atoms with van der Waals surface area (Å²) in [5.74, 6) is -0.0940. The van der Waals surface area contributed by atoms with Gasteiger partial charge in [-0.1, -0.05) is 45.0 Å². The number of anilines is 1. The monoisotopic (exact) mass is 860 g/mol. The van der Waals surface area contributed by atoms with Crippen molar-refractivity contribution < 1.29 is 33.4 Å². The Kier molecular flexibility index (Phi) is 12.0. The molecule has 14 heteroatoms. The van der Waals surface area contributed by atoms with Gasteiger partial charge in [-0.05, 0) is 72.7 Å². The molecule has 0 saturated carbocycles. The summed E-state index contributed by atoms with van der Waals surface area (Å²) in [5.41, 5.74) is 8.39. The number of hydrogen-bond donors (Lipinski definition) is 2. The second-order valence-electron chi connectivity index (χ2n) is 17.6. The van der Waals surface area contributed by atoms with Gasteiger partial charge in [-0.25, -0.2) is 0 Å². The van der Waals surface area contributed by atoms with Gasteiger partial charge in [0.05, 0.1) is 25.4 Å². The fraction of sp³-hybridized carbons (Fsp3) is 0.479. The molecule has 13 nitrogen and oxygen atoms in total. The number of benzene rings is 3. The summed E-state index contributed by atoms with van der Waals surface area (Å²) >= 11 is 1.60. The number of para-hydroxylation sites is 1. The number of rotatable bonds is 13. The number of amides is 4. The van der Waals surface area contributed by atoms with E-state index < -0.39 is 11.9 Å². The Morgan fingerprint density at radius 1 is 0.871 bits per heavy atom. The third-order valence-corrected chi connectivity index (χ3v) is 14.8. The molecule has 0 bridgehead atoms. The number of H-pyrrole nitrogens is 1. The summed E-state index contributed by atoms with van der Waals surface area (Å²) in [5, 5.41) is 3.35. The highest BCUT2D eigenvalue weighted by Crippen LogP contribution is 2.46. The molecule has 3 aromatic carbocycles. The average Bonchev–Trinajstić information content (AvgIpc) is 3.85. The molecule has 4 aliphatic heterocycles. The number of imide groups is 1. The maximum absolute atomic E-state index is 14.0. The van der Waals surface area contributed by atoms with Crippen molar-refractivity contribution in [1.29, 1.82) is 0 Å². The van der Waals surface area contributed by atoms with Gasteiger partial charge in [0.15, 0.2) is 5.78 Å². The molecule has 5 heterocycles. The lowest BCUT2D eigenvalue weighted by Gasteiger charge is -2.44. The summed E-state index contributed by atoms with van der Waals surface area (Å²) in [7, 11) is 0. The number of aromatic nitrogens is 1. The van der Waals surface area contributed by atoms with Crippen molar-refractivity contribution in [3.8, 4) is 0 Å². The predicted molar refractivity (Wildman–Crippen MR) is 238 cm³/mol. The Balaban J connectivity index is 0.687. The van der Waals surface area contributed by atoms with Crippen molar-refractivity contribution in [3.05, 3.63) is 93.7 Å². The fourth-order valence-electron chi connectivity index (χ4n) is 10.2. The van der Waals surface area contributed by atoms with Crippen LogP contribution in [-0.4, -0.2) is 133 Å². The van der Waals surface area contributed by atoms with E-state index in [2.05, 4.69) is 59.1 Å². The molecular formula is C48H56N6O7S. The van der Waals surface area contributed by atoms with Crippen LogP contribution in [0, 0.1) is 0 Å². The third kappa shape index (κ3) is 7.95. The van der Waals surface area contributed by atoms with E-state index in [1.807, 2.05) is 35.2 Å².